The molecule has 0 aromatic carbocycles. The molecule has 1 aliphatic heterocycles. The number of ether oxygens (including phenoxy) is 5. The van der Waals surface area contributed by atoms with Crippen molar-refractivity contribution in [3.05, 3.63) is 24.3 Å². The van der Waals surface area contributed by atoms with E-state index in [-0.39, 0.29) is 25.9 Å². The van der Waals surface area contributed by atoms with Crippen LogP contribution in [0.4, 0.5) is 0 Å². The summed E-state index contributed by atoms with van der Waals surface area (Å²) in [5.41, 5.74) is 0. The van der Waals surface area contributed by atoms with Crippen LogP contribution in [0.3, 0.4) is 0 Å². The average Bonchev–Trinajstić information content (AvgIpc) is 3.41. The van der Waals surface area contributed by atoms with Gasteiger partial charge < -0.3 is 39.0 Å². The maximum Gasteiger partial charge on any atom is 0.335 e. The van der Waals surface area contributed by atoms with Crippen molar-refractivity contribution in [3.63, 3.8) is 0 Å². The van der Waals surface area contributed by atoms with Crippen molar-refractivity contribution in [2.75, 3.05) is 13.2 Å². The number of aliphatic hydroxyl groups is 2. The smallest absolute Gasteiger partial charge is 0.335 e. The number of aliphatic hydroxyl groups excluding tert-OH is 2. The van der Waals surface area contributed by atoms with Crippen LogP contribution in [0.2, 0.25) is 0 Å². The fourth-order valence-electron chi connectivity index (χ4n) is 10.0. The Morgan fingerprint density at radius 3 is 1.19 bits per heavy atom. The largest absolute Gasteiger partial charge is 0.479 e. The van der Waals surface area contributed by atoms with Gasteiger partial charge in [0.05, 0.1) is 6.61 Å². The van der Waals surface area contributed by atoms with Gasteiger partial charge in [-0.25, -0.2) is 4.79 Å². The first kappa shape index (κ1) is 72.2. The molecule has 0 saturated carbocycles. The Bertz CT molecular complexity index is 1430. The number of esters is 3. The summed E-state index contributed by atoms with van der Waals surface area (Å²) in [6.45, 7) is 6.01. The minimum atomic E-state index is -1.90. The second kappa shape index (κ2) is 53.8. The summed E-state index contributed by atoms with van der Waals surface area (Å²) in [6, 6.07) is 0. The number of carbonyl (C=O) groups is 4. The lowest BCUT2D eigenvalue weighted by atomic mass is 9.98. The van der Waals surface area contributed by atoms with Gasteiger partial charge in [-0.3, -0.25) is 14.4 Å². The van der Waals surface area contributed by atoms with E-state index in [0.29, 0.717) is 19.3 Å². The van der Waals surface area contributed by atoms with Crippen molar-refractivity contribution in [2.45, 2.75) is 353 Å². The normalized spacial score (nSPS) is 18.1. The first-order valence-electron chi connectivity index (χ1n) is 32.3. The maximum atomic E-state index is 13.1. The van der Waals surface area contributed by atoms with Crippen molar-refractivity contribution in [1.82, 2.24) is 0 Å². The third-order valence-electron chi connectivity index (χ3n) is 15.0. The molecule has 0 bridgehead atoms. The van der Waals surface area contributed by atoms with Crippen molar-refractivity contribution >= 4 is 23.9 Å². The van der Waals surface area contributed by atoms with Gasteiger partial charge in [-0.1, -0.05) is 270 Å². The average molecular weight is 1090 g/mol. The van der Waals surface area contributed by atoms with Crippen LogP contribution in [-0.4, -0.2) is 89.2 Å². The van der Waals surface area contributed by atoms with E-state index in [1.165, 1.54) is 186 Å². The molecule has 1 saturated heterocycles. The summed E-state index contributed by atoms with van der Waals surface area (Å²) in [6.07, 6.45) is 50.0. The van der Waals surface area contributed by atoms with E-state index in [0.717, 1.165) is 70.6 Å². The standard InChI is InChI=1S/C65H118O12/c1-4-7-10-13-16-19-22-24-26-28-29-31-32-34-37-39-42-45-48-51-57(66)73-54-56(75-58(67)52-49-46-43-40-36-21-18-15-12-9-6-3)55-74-65-63(61(70)60(69)62(77-65)64(71)72)76-59(68)53-50-47-44-41-38-35-33-30-27-25-23-20-17-14-11-8-5-2/h16,19,24,26,56,60-63,65,69-70H,4-15,17-18,20-23,25,27-55H2,1-3H3,(H,71,72)/b19-16-,26-24-. The number of aliphatic carboxylic acids is 1. The fraction of sp³-hybridized carbons (Fsp3) is 0.877. The molecule has 0 aliphatic carbocycles. The molecule has 6 atom stereocenters. The first-order valence-corrected chi connectivity index (χ1v) is 32.3. The Morgan fingerprint density at radius 1 is 0.429 bits per heavy atom. The van der Waals surface area contributed by atoms with Crippen molar-refractivity contribution in [2.24, 2.45) is 0 Å². The first-order chi connectivity index (χ1) is 37.6. The van der Waals surface area contributed by atoms with E-state index in [1.807, 2.05) is 0 Å². The van der Waals surface area contributed by atoms with Gasteiger partial charge in [0.15, 0.2) is 24.6 Å². The number of rotatable bonds is 56. The number of carbonyl (C=O) groups excluding carboxylic acids is 3. The quantitative estimate of drug-likeness (QED) is 0.0228. The third kappa shape index (κ3) is 43.7. The number of carboxylic acids is 1. The molecule has 77 heavy (non-hydrogen) atoms. The van der Waals surface area contributed by atoms with Gasteiger partial charge in [-0.2, -0.15) is 0 Å². The van der Waals surface area contributed by atoms with E-state index in [9.17, 15) is 34.5 Å². The zero-order chi connectivity index (χ0) is 56.1. The van der Waals surface area contributed by atoms with E-state index >= 15 is 0 Å². The zero-order valence-electron chi connectivity index (χ0n) is 49.7. The van der Waals surface area contributed by atoms with Crippen LogP contribution in [-0.2, 0) is 42.9 Å². The van der Waals surface area contributed by atoms with Crippen molar-refractivity contribution in [3.8, 4) is 0 Å². The van der Waals surface area contributed by atoms with E-state index < -0.39 is 67.3 Å². The molecule has 1 fully saturated rings. The topological polar surface area (TPSA) is 175 Å². The minimum Gasteiger partial charge on any atom is -0.479 e. The highest BCUT2D eigenvalue weighted by atomic mass is 16.7. The fourth-order valence-corrected chi connectivity index (χ4v) is 10.0. The number of allylic oxidation sites excluding steroid dienone is 4. The SMILES string of the molecule is CCCCC/C=C\C/C=C\CCCCCCCCCCCC(=O)OCC(COC1OC(C(=O)O)C(O)C(O)C1OC(=O)CCCCCCCCCCCCCCCCCCC)OC(=O)CCCCCCCCCCCCC. The lowest BCUT2D eigenvalue weighted by molar-refractivity contribution is -0.301. The van der Waals surface area contributed by atoms with Gasteiger partial charge in [0, 0.05) is 19.3 Å². The minimum absolute atomic E-state index is 0.0679. The molecule has 1 heterocycles. The predicted molar refractivity (Wildman–Crippen MR) is 313 cm³/mol. The highest BCUT2D eigenvalue weighted by Gasteiger charge is 2.50. The molecule has 12 nitrogen and oxygen atoms in total. The van der Waals surface area contributed by atoms with Gasteiger partial charge in [0.1, 0.15) is 18.8 Å². The van der Waals surface area contributed by atoms with Crippen LogP contribution in [0.15, 0.2) is 24.3 Å². The van der Waals surface area contributed by atoms with E-state index in [2.05, 4.69) is 45.1 Å². The molecule has 0 aromatic heterocycles. The number of hydrogen-bond donors (Lipinski definition) is 3. The molecular formula is C65H118O12. The van der Waals surface area contributed by atoms with Crippen LogP contribution < -0.4 is 0 Å². The summed E-state index contributed by atoms with van der Waals surface area (Å²) >= 11 is 0. The second-order valence-electron chi connectivity index (χ2n) is 22.4. The lowest BCUT2D eigenvalue weighted by Gasteiger charge is -2.40. The van der Waals surface area contributed by atoms with Crippen LogP contribution in [0.25, 0.3) is 0 Å². The highest BCUT2D eigenvalue weighted by molar-refractivity contribution is 5.74. The van der Waals surface area contributed by atoms with Gasteiger partial charge in [-0.05, 0) is 51.4 Å². The van der Waals surface area contributed by atoms with Crippen molar-refractivity contribution < 1.29 is 58.2 Å². The third-order valence-corrected chi connectivity index (χ3v) is 15.0. The molecule has 1 aliphatic rings. The van der Waals surface area contributed by atoms with Gasteiger partial charge in [0.2, 0.25) is 0 Å². The van der Waals surface area contributed by atoms with Gasteiger partial charge in [-0.15, -0.1) is 0 Å². The maximum absolute atomic E-state index is 13.1. The zero-order valence-corrected chi connectivity index (χ0v) is 49.7. The van der Waals surface area contributed by atoms with Crippen molar-refractivity contribution in [1.29, 1.82) is 0 Å². The van der Waals surface area contributed by atoms with Crippen LogP contribution in [0.5, 0.6) is 0 Å². The second-order valence-corrected chi connectivity index (χ2v) is 22.4. The summed E-state index contributed by atoms with van der Waals surface area (Å²) in [5.74, 6) is -3.08. The Balaban J connectivity index is 2.61. The Morgan fingerprint density at radius 2 is 0.779 bits per heavy atom. The molecule has 0 aromatic rings. The number of hydrogen-bond acceptors (Lipinski definition) is 11. The summed E-state index contributed by atoms with van der Waals surface area (Å²) in [4.78, 5) is 51.2. The van der Waals surface area contributed by atoms with E-state index in [1.54, 1.807) is 0 Å². The predicted octanol–water partition coefficient (Wildman–Crippen LogP) is 17.0. The molecule has 1 rings (SSSR count). The monoisotopic (exact) mass is 1090 g/mol. The Kier molecular flexibility index (Phi) is 50.5. The van der Waals surface area contributed by atoms with Crippen LogP contribution in [0.1, 0.15) is 316 Å². The highest BCUT2D eigenvalue weighted by Crippen LogP contribution is 2.27. The molecule has 0 amide bonds. The summed E-state index contributed by atoms with van der Waals surface area (Å²) in [5, 5.41) is 31.5. The van der Waals surface area contributed by atoms with Crippen LogP contribution >= 0.6 is 0 Å². The Labute approximate surface area is 470 Å². The summed E-state index contributed by atoms with van der Waals surface area (Å²) < 4.78 is 28.5. The Hall–Kier alpha value is -2.80. The van der Waals surface area contributed by atoms with Crippen LogP contribution in [0, 0.1) is 0 Å². The number of carboxylic acid groups (broad SMARTS) is 1. The van der Waals surface area contributed by atoms with Gasteiger partial charge >= 0.3 is 23.9 Å². The molecule has 12 heteroatoms. The summed E-state index contributed by atoms with van der Waals surface area (Å²) in [7, 11) is 0. The molecule has 0 radical (unpaired) electrons. The van der Waals surface area contributed by atoms with E-state index in [4.69, 9.17) is 23.7 Å². The molecule has 0 spiro atoms. The lowest BCUT2D eigenvalue weighted by Crippen LogP contribution is -2.61. The molecule has 3 N–H and O–H groups in total. The van der Waals surface area contributed by atoms with Gasteiger partial charge in [0.25, 0.3) is 0 Å². The molecule has 6 unspecified atom stereocenters. The molecule has 450 valence electrons. The number of unbranched alkanes of at least 4 members (excludes halogenated alkanes) is 38. The molecular weight excluding hydrogens is 973 g/mol.